The number of nitrogens with one attached hydrogen (secondary N) is 1. The number of carbonyl (C=O) groups excluding carboxylic acids is 2. The molecule has 7 N–H and O–H groups in total. The fraction of sp³-hybridized carbons (Fsp3) is 0.627. The Kier molecular flexibility index (Phi) is 18.4. The fourth-order valence-electron chi connectivity index (χ4n) is 10.7. The maximum atomic E-state index is 14.1. The number of hydrogen-bond donors (Lipinski definition) is 7. The zero-order valence-electron chi connectivity index (χ0n) is 41.4. The monoisotopic (exact) mass is 1040 g/mol. The second-order valence-electron chi connectivity index (χ2n) is 20.1. The number of rotatable bonds is 21. The van der Waals surface area contributed by atoms with Crippen LogP contribution in [0.25, 0.3) is 10.9 Å². The van der Waals surface area contributed by atoms with E-state index in [0.717, 1.165) is 43.0 Å². The molecule has 2 aliphatic carbocycles. The number of fused-ring (bicyclic) bond motifs is 1. The maximum Gasteiger partial charge on any atom is 0.338 e. The predicted octanol–water partition coefficient (Wildman–Crippen LogP) is 2.65. The predicted molar refractivity (Wildman–Crippen MR) is 259 cm³/mol. The normalized spacial score (nSPS) is 31.2. The molecule has 2 aliphatic heterocycles. The number of amides is 1. The van der Waals surface area contributed by atoms with Gasteiger partial charge in [0.05, 0.1) is 41.1 Å². The van der Waals surface area contributed by atoms with Crippen LogP contribution in [0.4, 0.5) is 5.69 Å². The van der Waals surface area contributed by atoms with Crippen molar-refractivity contribution in [2.24, 2.45) is 17.8 Å². The summed E-state index contributed by atoms with van der Waals surface area (Å²) in [6.07, 6.45) is -9.35. The summed E-state index contributed by atoms with van der Waals surface area (Å²) in [6.45, 7) is 3.89. The number of esters is 1. The number of nitrogens with zero attached hydrogens (tertiary/aromatic N) is 5. The van der Waals surface area contributed by atoms with Gasteiger partial charge in [0.1, 0.15) is 36.6 Å². The zero-order chi connectivity index (χ0) is 52.6. The summed E-state index contributed by atoms with van der Waals surface area (Å²) in [4.78, 5) is 51.6. The maximum absolute atomic E-state index is 14.1. The Labute approximate surface area is 426 Å². The van der Waals surface area contributed by atoms with Gasteiger partial charge in [-0.05, 0) is 68.7 Å². The number of nitro groups is 1. The van der Waals surface area contributed by atoms with Gasteiger partial charge in [-0.3, -0.25) is 19.6 Å². The van der Waals surface area contributed by atoms with E-state index in [9.17, 15) is 55.1 Å². The Balaban J connectivity index is 0.981. The molecule has 4 fully saturated rings. The number of aliphatic carboxylic acids is 1. The van der Waals surface area contributed by atoms with Crippen molar-refractivity contribution in [1.82, 2.24) is 24.9 Å². The number of benzene rings is 2. The Morgan fingerprint density at radius 1 is 0.892 bits per heavy atom. The van der Waals surface area contributed by atoms with E-state index in [1.54, 1.807) is 48.1 Å². The van der Waals surface area contributed by atoms with Crippen molar-refractivity contribution in [1.29, 1.82) is 0 Å². The molecule has 2 aromatic carbocycles. The second-order valence-corrected chi connectivity index (χ2v) is 20.1. The molecule has 2 saturated carbocycles. The minimum Gasteiger partial charge on any atom is -0.479 e. The van der Waals surface area contributed by atoms with Crippen LogP contribution in [-0.2, 0) is 57.5 Å². The van der Waals surface area contributed by atoms with Crippen LogP contribution in [0, 0.1) is 27.9 Å². The summed E-state index contributed by atoms with van der Waals surface area (Å²) in [5.74, 6) is -3.74. The molecule has 0 bridgehead atoms. The van der Waals surface area contributed by atoms with Crippen molar-refractivity contribution in [3.8, 4) is 0 Å². The molecular formula is C51H68N6O17. The number of carboxylic acid groups (broad SMARTS) is 1. The van der Waals surface area contributed by atoms with Gasteiger partial charge in [-0.1, -0.05) is 62.4 Å². The van der Waals surface area contributed by atoms with Crippen molar-refractivity contribution < 1.29 is 78.4 Å². The lowest BCUT2D eigenvalue weighted by atomic mass is 9.77. The second kappa shape index (κ2) is 24.9. The first kappa shape index (κ1) is 54.8. The Hall–Kier alpha value is -5.47. The van der Waals surface area contributed by atoms with Gasteiger partial charge in [-0.25, -0.2) is 9.59 Å². The Bertz CT molecular complexity index is 2510. The summed E-state index contributed by atoms with van der Waals surface area (Å²) in [5.41, 5.74) is 1.66. The number of carbonyl (C=O) groups is 3. The third kappa shape index (κ3) is 13.1. The van der Waals surface area contributed by atoms with Gasteiger partial charge in [-0.2, -0.15) is 0 Å². The number of aliphatic hydroxyl groups excluding tert-OH is 5. The average Bonchev–Trinajstić information content (AvgIpc) is 4.03. The lowest BCUT2D eigenvalue weighted by Gasteiger charge is -2.48. The van der Waals surface area contributed by atoms with Crippen LogP contribution < -0.4 is 5.32 Å². The van der Waals surface area contributed by atoms with E-state index in [4.69, 9.17) is 28.4 Å². The number of aliphatic hydroxyl groups is 5. The summed E-state index contributed by atoms with van der Waals surface area (Å²) >= 11 is 0. The van der Waals surface area contributed by atoms with Gasteiger partial charge in [0, 0.05) is 67.4 Å². The number of nitro benzene ring substituents is 1. The highest BCUT2D eigenvalue weighted by atomic mass is 16.7. The van der Waals surface area contributed by atoms with Crippen LogP contribution in [0.1, 0.15) is 87.7 Å². The van der Waals surface area contributed by atoms with E-state index in [0.29, 0.717) is 31.6 Å². The molecule has 4 heterocycles. The lowest BCUT2D eigenvalue weighted by Crippen LogP contribution is -2.64. The van der Waals surface area contributed by atoms with Crippen molar-refractivity contribution >= 4 is 34.4 Å². The van der Waals surface area contributed by atoms with Gasteiger partial charge >= 0.3 is 11.9 Å². The minimum atomic E-state index is -1.71. The lowest BCUT2D eigenvalue weighted by molar-refractivity contribution is -0.384. The standard InChI is InChI=1S/C51H68N6O17/c1-28-22-33(47(63)52-18-16-34-26-56(54-53-34)20-9-19-55-21-17-32-24-35(57(67)68)14-15-36(32)55)25-37(44(28)74-50-43(62)42(61)40(59)29(2)69-50)71-51-46(73-49(66)31-12-7-4-8-13-31)45(41(60)39(27-58)72-51)70-38(48(64)65)23-30-10-5-3-6-11-30/h4,7-8,12-15,17,21,24,26,28-30,33,37-46,50-51,58-62H,3,5-6,9-11,16,18-20,22-23,25,27H2,1-2H3,(H,52,63)(H,64,65)/t28?,29?,33?,37-,38+,39?,40-,41+,42?,43?,44?,45?,46?,50+,51-/m1/s1. The van der Waals surface area contributed by atoms with E-state index < -0.39 is 115 Å². The van der Waals surface area contributed by atoms with Gasteiger partial charge < -0.3 is 68.9 Å². The van der Waals surface area contributed by atoms with Crippen molar-refractivity contribution in [3.63, 3.8) is 0 Å². The number of hydrogen-bond acceptors (Lipinski definition) is 18. The summed E-state index contributed by atoms with van der Waals surface area (Å²) < 4.78 is 41.2. The van der Waals surface area contributed by atoms with Crippen molar-refractivity contribution in [2.45, 2.75) is 171 Å². The van der Waals surface area contributed by atoms with E-state index in [-0.39, 0.29) is 48.9 Å². The molecule has 8 rings (SSSR count). The third-order valence-electron chi connectivity index (χ3n) is 14.8. The third-order valence-corrected chi connectivity index (χ3v) is 14.8. The smallest absolute Gasteiger partial charge is 0.338 e. The highest BCUT2D eigenvalue weighted by molar-refractivity contribution is 5.89. The number of carboxylic acids is 1. The molecule has 1 amide bonds. The molecule has 23 nitrogen and oxygen atoms in total. The van der Waals surface area contributed by atoms with Crippen LogP contribution in [0.15, 0.2) is 67.0 Å². The first-order chi connectivity index (χ1) is 35.6. The summed E-state index contributed by atoms with van der Waals surface area (Å²) in [5, 5.41) is 88.4. The molecule has 9 unspecified atom stereocenters. The van der Waals surface area contributed by atoms with Gasteiger partial charge in [0.25, 0.3) is 5.69 Å². The molecule has 2 aromatic heterocycles. The fourth-order valence-corrected chi connectivity index (χ4v) is 10.7. The molecule has 0 spiro atoms. The quantitative estimate of drug-likeness (QED) is 0.0358. The summed E-state index contributed by atoms with van der Waals surface area (Å²) in [7, 11) is 0. The van der Waals surface area contributed by atoms with Crippen LogP contribution in [0.3, 0.4) is 0 Å². The zero-order valence-corrected chi connectivity index (χ0v) is 41.4. The molecule has 15 atom stereocenters. The summed E-state index contributed by atoms with van der Waals surface area (Å²) in [6, 6.07) is 14.5. The van der Waals surface area contributed by atoms with E-state index >= 15 is 0 Å². The minimum absolute atomic E-state index is 0.0254. The van der Waals surface area contributed by atoms with Gasteiger partial charge in [0.15, 0.2) is 24.8 Å². The molecule has 74 heavy (non-hydrogen) atoms. The first-order valence-electron chi connectivity index (χ1n) is 25.6. The van der Waals surface area contributed by atoms with Crippen LogP contribution in [0.2, 0.25) is 0 Å². The Morgan fingerprint density at radius 2 is 1.66 bits per heavy atom. The first-order valence-corrected chi connectivity index (χ1v) is 25.6. The Morgan fingerprint density at radius 3 is 2.39 bits per heavy atom. The molecule has 4 aliphatic rings. The van der Waals surface area contributed by atoms with Crippen LogP contribution in [0.5, 0.6) is 0 Å². The average molecular weight is 1040 g/mol. The van der Waals surface area contributed by atoms with Crippen LogP contribution >= 0.6 is 0 Å². The van der Waals surface area contributed by atoms with Crippen LogP contribution in [-0.4, -0.2) is 166 Å². The SMILES string of the molecule is CC1CC(C(=O)NCCc2cn(CCCn3ccc4cc([N+](=O)[O-])ccc43)nn2)C[C@@H](O[C@@H]2OC(CO)[C@H](O)C(O[C@@H](CC3CCCCC3)C(=O)O)C2OC(=O)c2ccccc2)C1O[C@@H]1OC(C)[C@@H](O)C(O)C1O. The van der Waals surface area contributed by atoms with Gasteiger partial charge in [-0.15, -0.1) is 5.10 Å². The number of aryl methyl sites for hydroxylation is 2. The molecular weight excluding hydrogens is 969 g/mol. The molecule has 404 valence electrons. The molecule has 4 aromatic rings. The van der Waals surface area contributed by atoms with E-state index in [1.165, 1.54) is 25.1 Å². The molecule has 0 radical (unpaired) electrons. The number of ether oxygens (including phenoxy) is 6. The highest BCUT2D eigenvalue weighted by Gasteiger charge is 2.54. The topological polar surface area (TPSA) is 319 Å². The number of non-ortho nitro benzene ring substituents is 1. The van der Waals surface area contributed by atoms with Gasteiger partial charge in [0.2, 0.25) is 5.91 Å². The molecule has 23 heteroatoms. The number of aromatic nitrogens is 4. The largest absolute Gasteiger partial charge is 0.479 e. The van der Waals surface area contributed by atoms with E-state index in [2.05, 4.69) is 15.6 Å². The van der Waals surface area contributed by atoms with E-state index in [1.807, 2.05) is 16.8 Å². The van der Waals surface area contributed by atoms with Crippen molar-refractivity contribution in [3.05, 3.63) is 88.4 Å². The van der Waals surface area contributed by atoms with Crippen molar-refractivity contribution in [2.75, 3.05) is 13.2 Å². The highest BCUT2D eigenvalue weighted by Crippen LogP contribution is 2.39. The molecule has 2 saturated heterocycles.